The predicted octanol–water partition coefficient (Wildman–Crippen LogP) is 2.01. The zero-order valence-corrected chi connectivity index (χ0v) is 14.8. The second-order valence-corrected chi connectivity index (χ2v) is 6.89. The number of ether oxygens (including phenoxy) is 1. The van der Waals surface area contributed by atoms with Crippen molar-refractivity contribution in [3.8, 4) is 0 Å². The largest absolute Gasteiger partial charge is 0.381 e. The van der Waals surface area contributed by atoms with Crippen molar-refractivity contribution in [2.75, 3.05) is 44.3 Å². The van der Waals surface area contributed by atoms with Gasteiger partial charge in [0.15, 0.2) is 0 Å². The van der Waals surface area contributed by atoms with Gasteiger partial charge in [-0.15, -0.1) is 0 Å². The van der Waals surface area contributed by atoms with E-state index >= 15 is 0 Å². The van der Waals surface area contributed by atoms with Crippen LogP contribution in [0.5, 0.6) is 0 Å². The molecule has 2 fully saturated rings. The molecule has 0 saturated carbocycles. The summed E-state index contributed by atoms with van der Waals surface area (Å²) in [6, 6.07) is 6.28. The Morgan fingerprint density at radius 3 is 2.80 bits per heavy atom. The van der Waals surface area contributed by atoms with Gasteiger partial charge in [-0.25, -0.2) is 9.97 Å². The second-order valence-electron chi connectivity index (χ2n) is 6.89. The zero-order chi connectivity index (χ0) is 17.1. The minimum absolute atomic E-state index is 0.426. The van der Waals surface area contributed by atoms with Gasteiger partial charge in [0, 0.05) is 57.5 Å². The molecule has 0 aromatic carbocycles. The fourth-order valence-corrected chi connectivity index (χ4v) is 3.56. The summed E-state index contributed by atoms with van der Waals surface area (Å²) in [6.07, 6.45) is 4.65. The van der Waals surface area contributed by atoms with Gasteiger partial charge < -0.3 is 9.64 Å². The molecule has 0 aliphatic carbocycles. The van der Waals surface area contributed by atoms with Crippen LogP contribution in [0, 0.1) is 6.92 Å². The van der Waals surface area contributed by atoms with E-state index in [1.165, 1.54) is 11.3 Å². The van der Waals surface area contributed by atoms with Gasteiger partial charge in [-0.3, -0.25) is 9.88 Å². The number of piperazine rings is 1. The molecule has 2 saturated heterocycles. The van der Waals surface area contributed by atoms with E-state index in [0.29, 0.717) is 5.92 Å². The average Bonchev–Trinajstić information content (AvgIpc) is 3.19. The van der Waals surface area contributed by atoms with Crippen molar-refractivity contribution in [3.05, 3.63) is 47.7 Å². The number of aromatic nitrogens is 3. The van der Waals surface area contributed by atoms with Gasteiger partial charge in [0.2, 0.25) is 0 Å². The molecule has 0 amide bonds. The molecule has 4 rings (SSSR count). The highest BCUT2D eigenvalue weighted by molar-refractivity contribution is 5.40. The van der Waals surface area contributed by atoms with Crippen LogP contribution in [-0.4, -0.2) is 59.2 Å². The van der Waals surface area contributed by atoms with E-state index in [4.69, 9.17) is 4.74 Å². The predicted molar refractivity (Wildman–Crippen MR) is 96.7 cm³/mol. The lowest BCUT2D eigenvalue weighted by atomic mass is 10.0. The highest BCUT2D eigenvalue weighted by Crippen LogP contribution is 2.25. The molecule has 0 bridgehead atoms. The third-order valence-corrected chi connectivity index (χ3v) is 5.21. The van der Waals surface area contributed by atoms with Gasteiger partial charge in [-0.1, -0.05) is 6.07 Å². The number of nitrogens with zero attached hydrogens (tertiary/aromatic N) is 5. The van der Waals surface area contributed by atoms with Crippen LogP contribution < -0.4 is 4.90 Å². The van der Waals surface area contributed by atoms with Gasteiger partial charge in [-0.05, 0) is 25.0 Å². The van der Waals surface area contributed by atoms with Crippen molar-refractivity contribution in [2.45, 2.75) is 25.8 Å². The van der Waals surface area contributed by atoms with Gasteiger partial charge in [-0.2, -0.15) is 0 Å². The SMILES string of the molecule is Cc1cccnc1CN1CCN(c2cc([C@@H]3CCOC3)ncn2)CC1. The minimum atomic E-state index is 0.426. The van der Waals surface area contributed by atoms with Crippen molar-refractivity contribution >= 4 is 5.82 Å². The Balaban J connectivity index is 1.37. The van der Waals surface area contributed by atoms with E-state index in [0.717, 1.165) is 63.9 Å². The molecule has 132 valence electrons. The molecule has 2 aromatic heterocycles. The normalized spacial score (nSPS) is 21.6. The Morgan fingerprint density at radius 2 is 2.04 bits per heavy atom. The molecule has 1 atom stereocenters. The van der Waals surface area contributed by atoms with Gasteiger partial charge in [0.25, 0.3) is 0 Å². The number of hydrogen-bond donors (Lipinski definition) is 0. The number of anilines is 1. The van der Waals surface area contributed by atoms with Gasteiger partial charge in [0.05, 0.1) is 18.0 Å². The van der Waals surface area contributed by atoms with Crippen molar-refractivity contribution in [2.24, 2.45) is 0 Å². The highest BCUT2D eigenvalue weighted by Gasteiger charge is 2.22. The van der Waals surface area contributed by atoms with Crippen LogP contribution in [0.4, 0.5) is 5.82 Å². The van der Waals surface area contributed by atoms with Crippen LogP contribution in [0.2, 0.25) is 0 Å². The third-order valence-electron chi connectivity index (χ3n) is 5.21. The molecule has 2 aliphatic heterocycles. The molecule has 2 aliphatic rings. The fraction of sp³-hybridized carbons (Fsp3) is 0.526. The standard InChI is InChI=1S/C19H25N5O/c1-15-3-2-5-20-18(15)12-23-6-8-24(9-7-23)19-11-17(21-14-22-19)16-4-10-25-13-16/h2-3,5,11,14,16H,4,6-10,12-13H2,1H3/t16-/m1/s1. The summed E-state index contributed by atoms with van der Waals surface area (Å²) in [5.41, 5.74) is 3.57. The molecular formula is C19H25N5O. The molecule has 25 heavy (non-hydrogen) atoms. The lowest BCUT2D eigenvalue weighted by molar-refractivity contribution is 0.193. The first kappa shape index (κ1) is 16.4. The Kier molecular flexibility index (Phi) is 4.90. The smallest absolute Gasteiger partial charge is 0.132 e. The molecule has 0 radical (unpaired) electrons. The Labute approximate surface area is 148 Å². The first-order valence-corrected chi connectivity index (χ1v) is 9.07. The Hall–Kier alpha value is -2.05. The van der Waals surface area contributed by atoms with E-state index in [9.17, 15) is 0 Å². The van der Waals surface area contributed by atoms with Crippen molar-refractivity contribution in [3.63, 3.8) is 0 Å². The summed E-state index contributed by atoms with van der Waals surface area (Å²) in [6.45, 7) is 8.72. The summed E-state index contributed by atoms with van der Waals surface area (Å²) >= 11 is 0. The van der Waals surface area contributed by atoms with Crippen LogP contribution in [0.25, 0.3) is 0 Å². The monoisotopic (exact) mass is 339 g/mol. The van der Waals surface area contributed by atoms with Crippen molar-refractivity contribution < 1.29 is 4.74 Å². The summed E-state index contributed by atoms with van der Waals surface area (Å²) in [5, 5.41) is 0. The molecule has 6 heteroatoms. The van der Waals surface area contributed by atoms with E-state index in [1.807, 2.05) is 12.3 Å². The van der Waals surface area contributed by atoms with E-state index in [1.54, 1.807) is 6.33 Å². The van der Waals surface area contributed by atoms with E-state index in [-0.39, 0.29) is 0 Å². The molecule has 0 N–H and O–H groups in total. The topological polar surface area (TPSA) is 54.4 Å². The maximum absolute atomic E-state index is 5.49. The van der Waals surface area contributed by atoms with Crippen molar-refractivity contribution in [1.29, 1.82) is 0 Å². The van der Waals surface area contributed by atoms with Crippen LogP contribution in [0.1, 0.15) is 29.3 Å². The minimum Gasteiger partial charge on any atom is -0.381 e. The number of aryl methyl sites for hydroxylation is 1. The maximum atomic E-state index is 5.49. The summed E-state index contributed by atoms with van der Waals surface area (Å²) in [7, 11) is 0. The summed E-state index contributed by atoms with van der Waals surface area (Å²) in [5.74, 6) is 1.47. The van der Waals surface area contributed by atoms with Gasteiger partial charge in [0.1, 0.15) is 12.1 Å². The molecular weight excluding hydrogens is 314 g/mol. The Bertz CT molecular complexity index is 708. The van der Waals surface area contributed by atoms with Crippen molar-refractivity contribution in [1.82, 2.24) is 19.9 Å². The average molecular weight is 339 g/mol. The first-order valence-electron chi connectivity index (χ1n) is 9.07. The molecule has 0 unspecified atom stereocenters. The summed E-state index contributed by atoms with van der Waals surface area (Å²) in [4.78, 5) is 18.3. The van der Waals surface area contributed by atoms with Crippen LogP contribution in [-0.2, 0) is 11.3 Å². The lowest BCUT2D eigenvalue weighted by Gasteiger charge is -2.35. The zero-order valence-electron chi connectivity index (χ0n) is 14.8. The summed E-state index contributed by atoms with van der Waals surface area (Å²) < 4.78 is 5.49. The number of pyridine rings is 1. The van der Waals surface area contributed by atoms with Crippen LogP contribution in [0.15, 0.2) is 30.7 Å². The van der Waals surface area contributed by atoms with E-state index < -0.39 is 0 Å². The fourth-order valence-electron chi connectivity index (χ4n) is 3.56. The number of rotatable bonds is 4. The quantitative estimate of drug-likeness (QED) is 0.849. The molecule has 4 heterocycles. The first-order chi connectivity index (χ1) is 12.3. The molecule has 2 aromatic rings. The van der Waals surface area contributed by atoms with Crippen LogP contribution >= 0.6 is 0 Å². The Morgan fingerprint density at radius 1 is 1.16 bits per heavy atom. The van der Waals surface area contributed by atoms with Gasteiger partial charge >= 0.3 is 0 Å². The second kappa shape index (κ2) is 7.45. The maximum Gasteiger partial charge on any atom is 0.132 e. The van der Waals surface area contributed by atoms with Crippen LogP contribution in [0.3, 0.4) is 0 Å². The molecule has 6 nitrogen and oxygen atoms in total. The van der Waals surface area contributed by atoms with E-state index in [2.05, 4.69) is 43.8 Å². The number of hydrogen-bond acceptors (Lipinski definition) is 6. The third kappa shape index (κ3) is 3.80. The highest BCUT2D eigenvalue weighted by atomic mass is 16.5. The lowest BCUT2D eigenvalue weighted by Crippen LogP contribution is -2.46. The molecule has 0 spiro atoms.